The van der Waals surface area contributed by atoms with Crippen LogP contribution in [0.4, 0.5) is 0 Å². The summed E-state index contributed by atoms with van der Waals surface area (Å²) in [4.78, 5) is 15.2. The third-order valence-electron chi connectivity index (χ3n) is 10.9. The highest BCUT2D eigenvalue weighted by molar-refractivity contribution is 6.20. The highest BCUT2D eigenvalue weighted by Crippen LogP contribution is 2.40. The average Bonchev–Trinajstić information content (AvgIpc) is 3.73. The zero-order valence-corrected chi connectivity index (χ0v) is 30.8. The standard InChI is InChI=1S/C53H33N3O/c1-2-10-34(11-3-1)35-18-24-39(25-19-35)51-54-52(40-26-20-37(21-27-40)49-33-43-14-6-9-17-48(43)57-49)56-53(55-51)41-28-22-38(23-29-41)50-45-16-8-5-13-42(45)32-47-44-15-7-4-12-36(44)30-31-46(47)50/h1-33H. The van der Waals surface area contributed by atoms with Crippen molar-refractivity contribution in [1.29, 1.82) is 0 Å². The van der Waals surface area contributed by atoms with Gasteiger partial charge in [0.25, 0.3) is 0 Å². The highest BCUT2D eigenvalue weighted by atomic mass is 16.3. The largest absolute Gasteiger partial charge is 0.456 e. The summed E-state index contributed by atoms with van der Waals surface area (Å²) in [5.74, 6) is 2.66. The molecule has 2 heterocycles. The van der Waals surface area contributed by atoms with Crippen molar-refractivity contribution in [2.45, 2.75) is 0 Å². The number of rotatable bonds is 6. The van der Waals surface area contributed by atoms with E-state index in [1.807, 2.05) is 24.3 Å². The van der Waals surface area contributed by atoms with Crippen LogP contribution in [-0.4, -0.2) is 15.0 Å². The van der Waals surface area contributed by atoms with E-state index in [0.717, 1.165) is 55.7 Å². The maximum atomic E-state index is 6.16. The fourth-order valence-corrected chi connectivity index (χ4v) is 8.03. The van der Waals surface area contributed by atoms with Gasteiger partial charge in [0.15, 0.2) is 17.5 Å². The summed E-state index contributed by atoms with van der Waals surface area (Å²) in [6, 6.07) is 70.0. The number of hydrogen-bond acceptors (Lipinski definition) is 4. The zero-order valence-electron chi connectivity index (χ0n) is 30.8. The van der Waals surface area contributed by atoms with E-state index in [4.69, 9.17) is 19.4 Å². The SMILES string of the molecule is c1ccc(-c2ccc(-c3nc(-c4ccc(-c5cc6ccccc6o5)cc4)nc(-c4ccc(-c5c6ccccc6cc6c5ccc5ccccc56)cc4)n3)cc2)cc1. The Labute approximate surface area is 329 Å². The number of hydrogen-bond donors (Lipinski definition) is 0. The van der Waals surface area contributed by atoms with Gasteiger partial charge in [-0.1, -0.05) is 182 Å². The van der Waals surface area contributed by atoms with Crippen molar-refractivity contribution in [3.05, 3.63) is 200 Å². The summed E-state index contributed by atoms with van der Waals surface area (Å²) >= 11 is 0. The van der Waals surface area contributed by atoms with Crippen LogP contribution in [0.25, 0.3) is 111 Å². The molecule has 0 aliphatic rings. The maximum absolute atomic E-state index is 6.16. The molecule has 4 heteroatoms. The molecule has 0 spiro atoms. The van der Waals surface area contributed by atoms with Gasteiger partial charge in [0, 0.05) is 27.6 Å². The monoisotopic (exact) mass is 727 g/mol. The number of fused-ring (bicyclic) bond motifs is 5. The van der Waals surface area contributed by atoms with Crippen LogP contribution < -0.4 is 0 Å². The molecule has 0 atom stereocenters. The molecular formula is C53H33N3O. The van der Waals surface area contributed by atoms with Gasteiger partial charge in [-0.15, -0.1) is 0 Å². The van der Waals surface area contributed by atoms with Crippen molar-refractivity contribution < 1.29 is 4.42 Å². The van der Waals surface area contributed by atoms with Crippen molar-refractivity contribution in [3.8, 4) is 67.7 Å². The minimum absolute atomic E-state index is 0.606. The van der Waals surface area contributed by atoms with E-state index in [9.17, 15) is 0 Å². The maximum Gasteiger partial charge on any atom is 0.164 e. The first-order chi connectivity index (χ1) is 28.2. The molecular weight excluding hydrogens is 695 g/mol. The lowest BCUT2D eigenvalue weighted by Gasteiger charge is -2.14. The van der Waals surface area contributed by atoms with E-state index in [0.29, 0.717) is 17.5 Å². The topological polar surface area (TPSA) is 51.8 Å². The number of aromatic nitrogens is 3. The molecule has 57 heavy (non-hydrogen) atoms. The lowest BCUT2D eigenvalue weighted by atomic mass is 9.89. The molecule has 0 fully saturated rings. The van der Waals surface area contributed by atoms with Crippen molar-refractivity contribution in [1.82, 2.24) is 15.0 Å². The van der Waals surface area contributed by atoms with E-state index < -0.39 is 0 Å². The van der Waals surface area contributed by atoms with E-state index in [1.165, 1.54) is 37.9 Å². The second-order valence-electron chi connectivity index (χ2n) is 14.4. The molecule has 2 aromatic heterocycles. The van der Waals surface area contributed by atoms with Crippen molar-refractivity contribution in [2.24, 2.45) is 0 Å². The summed E-state index contributed by atoms with van der Waals surface area (Å²) < 4.78 is 6.16. The van der Waals surface area contributed by atoms with Crippen LogP contribution in [0.3, 0.4) is 0 Å². The van der Waals surface area contributed by atoms with Crippen molar-refractivity contribution in [2.75, 3.05) is 0 Å². The Balaban J connectivity index is 1.02. The molecule has 0 bridgehead atoms. The third-order valence-corrected chi connectivity index (χ3v) is 10.9. The predicted octanol–water partition coefficient (Wildman–Crippen LogP) is 14.1. The Hall–Kier alpha value is -7.69. The van der Waals surface area contributed by atoms with Gasteiger partial charge in [0.1, 0.15) is 11.3 Å². The van der Waals surface area contributed by atoms with Gasteiger partial charge in [0.2, 0.25) is 0 Å². The quantitative estimate of drug-likeness (QED) is 0.126. The number of benzene rings is 9. The molecule has 9 aromatic carbocycles. The van der Waals surface area contributed by atoms with Gasteiger partial charge < -0.3 is 4.42 Å². The fraction of sp³-hybridized carbons (Fsp3) is 0. The van der Waals surface area contributed by atoms with Crippen LogP contribution in [0.5, 0.6) is 0 Å². The van der Waals surface area contributed by atoms with Crippen LogP contribution in [-0.2, 0) is 0 Å². The zero-order chi connectivity index (χ0) is 37.7. The van der Waals surface area contributed by atoms with Crippen LogP contribution in [0.2, 0.25) is 0 Å². The van der Waals surface area contributed by atoms with Gasteiger partial charge in [-0.25, -0.2) is 15.0 Å². The average molecular weight is 728 g/mol. The van der Waals surface area contributed by atoms with Crippen molar-refractivity contribution in [3.63, 3.8) is 0 Å². The fourth-order valence-electron chi connectivity index (χ4n) is 8.03. The van der Waals surface area contributed by atoms with Crippen LogP contribution >= 0.6 is 0 Å². The Morgan fingerprint density at radius 3 is 1.42 bits per heavy atom. The molecule has 266 valence electrons. The normalized spacial score (nSPS) is 11.5. The molecule has 11 rings (SSSR count). The number of para-hydroxylation sites is 1. The molecule has 0 radical (unpaired) electrons. The van der Waals surface area contributed by atoms with E-state index in [1.54, 1.807) is 0 Å². The second-order valence-corrected chi connectivity index (χ2v) is 14.4. The van der Waals surface area contributed by atoms with Crippen molar-refractivity contribution >= 4 is 43.3 Å². The first-order valence-corrected chi connectivity index (χ1v) is 19.2. The van der Waals surface area contributed by atoms with Gasteiger partial charge >= 0.3 is 0 Å². The molecule has 0 saturated carbocycles. The smallest absolute Gasteiger partial charge is 0.164 e. The molecule has 0 N–H and O–H groups in total. The van der Waals surface area contributed by atoms with Crippen LogP contribution in [0.1, 0.15) is 0 Å². The number of furan rings is 1. The third kappa shape index (κ3) is 5.92. The molecule has 0 aliphatic carbocycles. The van der Waals surface area contributed by atoms with E-state index >= 15 is 0 Å². The summed E-state index contributed by atoms with van der Waals surface area (Å²) in [6.07, 6.45) is 0. The summed E-state index contributed by atoms with van der Waals surface area (Å²) in [6.45, 7) is 0. The summed E-state index contributed by atoms with van der Waals surface area (Å²) in [5, 5.41) is 8.50. The molecule has 4 nitrogen and oxygen atoms in total. The van der Waals surface area contributed by atoms with Gasteiger partial charge in [0.05, 0.1) is 0 Å². The molecule has 0 amide bonds. The first kappa shape index (κ1) is 32.7. The van der Waals surface area contributed by atoms with E-state index in [-0.39, 0.29) is 0 Å². The Bertz CT molecular complexity index is 3230. The molecule has 0 saturated heterocycles. The summed E-state index contributed by atoms with van der Waals surface area (Å²) in [7, 11) is 0. The van der Waals surface area contributed by atoms with Gasteiger partial charge in [-0.3, -0.25) is 0 Å². The second kappa shape index (κ2) is 13.6. The van der Waals surface area contributed by atoms with Gasteiger partial charge in [-0.2, -0.15) is 0 Å². The molecule has 11 aromatic rings. The lowest BCUT2D eigenvalue weighted by molar-refractivity contribution is 0.631. The van der Waals surface area contributed by atoms with Gasteiger partial charge in [-0.05, 0) is 72.8 Å². The Morgan fingerprint density at radius 1 is 0.281 bits per heavy atom. The predicted molar refractivity (Wildman–Crippen MR) is 235 cm³/mol. The molecule has 0 aliphatic heterocycles. The Kier molecular flexibility index (Phi) is 7.78. The minimum Gasteiger partial charge on any atom is -0.456 e. The van der Waals surface area contributed by atoms with E-state index in [2.05, 4.69) is 176 Å². The minimum atomic E-state index is 0.606. The van der Waals surface area contributed by atoms with Crippen LogP contribution in [0.15, 0.2) is 205 Å². The number of nitrogens with zero attached hydrogens (tertiary/aromatic N) is 3. The first-order valence-electron chi connectivity index (χ1n) is 19.2. The lowest BCUT2D eigenvalue weighted by Crippen LogP contribution is -2.00. The highest BCUT2D eigenvalue weighted by Gasteiger charge is 2.16. The molecule has 0 unspecified atom stereocenters. The summed E-state index contributed by atoms with van der Waals surface area (Å²) in [5.41, 5.74) is 9.26. The Morgan fingerprint density at radius 2 is 0.772 bits per heavy atom. The van der Waals surface area contributed by atoms with Crippen LogP contribution in [0, 0.1) is 0 Å².